The van der Waals surface area contributed by atoms with Gasteiger partial charge in [0.1, 0.15) is 5.75 Å². The SMILES string of the molecule is O=C(CN1CCN(C(=O)c2ccc(Oc3ccc(Br)cc3)nc2)CC1)N1CCCCC1. The van der Waals surface area contributed by atoms with Crippen LogP contribution in [0.15, 0.2) is 47.1 Å². The first kappa shape index (κ1) is 21.8. The highest BCUT2D eigenvalue weighted by molar-refractivity contribution is 9.10. The number of nitrogens with zero attached hydrogens (tertiary/aromatic N) is 4. The van der Waals surface area contributed by atoms with Gasteiger partial charge in [-0.25, -0.2) is 4.98 Å². The molecule has 0 N–H and O–H groups in total. The fourth-order valence-corrected chi connectivity index (χ4v) is 4.18. The molecule has 164 valence electrons. The number of benzene rings is 1. The van der Waals surface area contributed by atoms with Gasteiger partial charge in [-0.05, 0) is 49.6 Å². The van der Waals surface area contributed by atoms with Crippen molar-refractivity contribution in [3.8, 4) is 11.6 Å². The molecule has 0 radical (unpaired) electrons. The molecule has 4 rings (SSSR count). The van der Waals surface area contributed by atoms with Crippen LogP contribution in [0.2, 0.25) is 0 Å². The van der Waals surface area contributed by atoms with Crippen molar-refractivity contribution in [1.82, 2.24) is 19.7 Å². The Hall–Kier alpha value is -2.45. The van der Waals surface area contributed by atoms with E-state index in [-0.39, 0.29) is 11.8 Å². The first-order valence-electron chi connectivity index (χ1n) is 10.8. The third-order valence-corrected chi connectivity index (χ3v) is 6.28. The lowest BCUT2D eigenvalue weighted by atomic mass is 10.1. The normalized spacial score (nSPS) is 17.5. The lowest BCUT2D eigenvalue weighted by Gasteiger charge is -2.36. The number of rotatable bonds is 5. The first-order valence-corrected chi connectivity index (χ1v) is 11.6. The van der Waals surface area contributed by atoms with Crippen molar-refractivity contribution >= 4 is 27.7 Å². The number of amides is 2. The van der Waals surface area contributed by atoms with Gasteiger partial charge >= 0.3 is 0 Å². The Morgan fingerprint density at radius 2 is 1.58 bits per heavy atom. The summed E-state index contributed by atoms with van der Waals surface area (Å²) in [6.07, 6.45) is 4.99. The summed E-state index contributed by atoms with van der Waals surface area (Å²) in [6.45, 7) is 4.86. The van der Waals surface area contributed by atoms with Gasteiger partial charge in [-0.3, -0.25) is 14.5 Å². The average Bonchev–Trinajstić information content (AvgIpc) is 2.82. The van der Waals surface area contributed by atoms with Gasteiger partial charge in [-0.2, -0.15) is 0 Å². The molecule has 7 nitrogen and oxygen atoms in total. The van der Waals surface area contributed by atoms with Crippen LogP contribution in [0.3, 0.4) is 0 Å². The molecule has 1 aromatic heterocycles. The number of hydrogen-bond acceptors (Lipinski definition) is 5. The van der Waals surface area contributed by atoms with E-state index in [4.69, 9.17) is 4.74 Å². The van der Waals surface area contributed by atoms with E-state index in [0.29, 0.717) is 49.9 Å². The number of hydrogen-bond donors (Lipinski definition) is 0. The number of piperidine rings is 1. The van der Waals surface area contributed by atoms with Gasteiger partial charge in [-0.15, -0.1) is 0 Å². The lowest BCUT2D eigenvalue weighted by molar-refractivity contribution is -0.133. The van der Waals surface area contributed by atoms with Crippen molar-refractivity contribution in [2.75, 3.05) is 45.8 Å². The second-order valence-corrected chi connectivity index (χ2v) is 8.87. The highest BCUT2D eigenvalue weighted by Crippen LogP contribution is 2.22. The molecule has 0 spiro atoms. The van der Waals surface area contributed by atoms with E-state index < -0.39 is 0 Å². The molecule has 8 heteroatoms. The molecule has 2 aliphatic rings. The summed E-state index contributed by atoms with van der Waals surface area (Å²) in [5, 5.41) is 0. The number of ether oxygens (including phenoxy) is 1. The van der Waals surface area contributed by atoms with Crippen LogP contribution >= 0.6 is 15.9 Å². The summed E-state index contributed by atoms with van der Waals surface area (Å²) in [4.78, 5) is 35.5. The standard InChI is InChI=1S/C23H27BrN4O3/c24-19-5-7-20(8-6-19)31-21-9-4-18(16-25-21)23(30)28-14-12-26(13-15-28)17-22(29)27-10-2-1-3-11-27/h4-9,16H,1-3,10-15,17H2. The number of halogens is 1. The molecular formula is C23H27BrN4O3. The third-order valence-electron chi connectivity index (χ3n) is 5.75. The number of piperazine rings is 1. The molecule has 0 bridgehead atoms. The van der Waals surface area contributed by atoms with Crippen LogP contribution in [0.25, 0.3) is 0 Å². The maximum Gasteiger partial charge on any atom is 0.255 e. The largest absolute Gasteiger partial charge is 0.439 e. The Morgan fingerprint density at radius 1 is 0.871 bits per heavy atom. The monoisotopic (exact) mass is 486 g/mol. The minimum absolute atomic E-state index is 0.0373. The van der Waals surface area contributed by atoms with Gasteiger partial charge < -0.3 is 14.5 Å². The Bertz CT molecular complexity index is 890. The molecule has 3 heterocycles. The van der Waals surface area contributed by atoms with E-state index in [0.717, 1.165) is 30.4 Å². The van der Waals surface area contributed by atoms with Crippen LogP contribution < -0.4 is 4.74 Å². The highest BCUT2D eigenvalue weighted by Gasteiger charge is 2.25. The van der Waals surface area contributed by atoms with Gasteiger partial charge in [0, 0.05) is 56.0 Å². The van der Waals surface area contributed by atoms with Crippen LogP contribution in [0.1, 0.15) is 29.6 Å². The molecule has 2 fully saturated rings. The second-order valence-electron chi connectivity index (χ2n) is 7.95. The maximum absolute atomic E-state index is 12.8. The first-order chi connectivity index (χ1) is 15.1. The van der Waals surface area contributed by atoms with Crippen LogP contribution in [0.5, 0.6) is 11.6 Å². The van der Waals surface area contributed by atoms with Crippen molar-refractivity contribution in [2.24, 2.45) is 0 Å². The van der Waals surface area contributed by atoms with Gasteiger partial charge in [-0.1, -0.05) is 15.9 Å². The summed E-state index contributed by atoms with van der Waals surface area (Å²) < 4.78 is 6.69. The topological polar surface area (TPSA) is 66.0 Å². The number of pyridine rings is 1. The molecule has 0 atom stereocenters. The summed E-state index contributed by atoms with van der Waals surface area (Å²) in [5.41, 5.74) is 0.543. The van der Waals surface area contributed by atoms with Gasteiger partial charge in [0.25, 0.3) is 5.91 Å². The molecule has 0 unspecified atom stereocenters. The zero-order chi connectivity index (χ0) is 21.6. The van der Waals surface area contributed by atoms with E-state index in [1.54, 1.807) is 18.3 Å². The molecular weight excluding hydrogens is 460 g/mol. The molecule has 0 aliphatic carbocycles. The van der Waals surface area contributed by atoms with E-state index >= 15 is 0 Å². The molecule has 2 amide bonds. The predicted octanol–water partition coefficient (Wildman–Crippen LogP) is 3.41. The average molecular weight is 487 g/mol. The summed E-state index contributed by atoms with van der Waals surface area (Å²) in [6, 6.07) is 10.9. The quantitative estimate of drug-likeness (QED) is 0.647. The summed E-state index contributed by atoms with van der Waals surface area (Å²) in [7, 11) is 0. The van der Waals surface area contributed by atoms with Crippen molar-refractivity contribution in [2.45, 2.75) is 19.3 Å². The maximum atomic E-state index is 12.8. The summed E-state index contributed by atoms with van der Waals surface area (Å²) in [5.74, 6) is 1.31. The van der Waals surface area contributed by atoms with E-state index in [9.17, 15) is 9.59 Å². The number of carbonyl (C=O) groups excluding carboxylic acids is 2. The van der Waals surface area contributed by atoms with E-state index in [1.807, 2.05) is 34.1 Å². The van der Waals surface area contributed by atoms with Crippen LogP contribution in [-0.4, -0.2) is 77.3 Å². The number of likely N-dealkylation sites (tertiary alicyclic amines) is 1. The molecule has 31 heavy (non-hydrogen) atoms. The highest BCUT2D eigenvalue weighted by atomic mass is 79.9. The Kier molecular flexibility index (Phi) is 7.19. The number of carbonyl (C=O) groups is 2. The van der Waals surface area contributed by atoms with Gasteiger partial charge in [0.2, 0.25) is 11.8 Å². The molecule has 0 saturated carbocycles. The van der Waals surface area contributed by atoms with Crippen molar-refractivity contribution in [3.05, 3.63) is 52.6 Å². The van der Waals surface area contributed by atoms with Crippen LogP contribution in [-0.2, 0) is 4.79 Å². The van der Waals surface area contributed by atoms with Gasteiger partial charge in [0.15, 0.2) is 0 Å². The predicted molar refractivity (Wildman–Crippen MR) is 121 cm³/mol. The lowest BCUT2D eigenvalue weighted by Crippen LogP contribution is -2.52. The van der Waals surface area contributed by atoms with Crippen molar-refractivity contribution in [3.63, 3.8) is 0 Å². The van der Waals surface area contributed by atoms with E-state index in [2.05, 4.69) is 25.8 Å². The Balaban J connectivity index is 1.26. The van der Waals surface area contributed by atoms with Crippen LogP contribution in [0.4, 0.5) is 0 Å². The Morgan fingerprint density at radius 3 is 2.23 bits per heavy atom. The van der Waals surface area contributed by atoms with Gasteiger partial charge in [0.05, 0.1) is 12.1 Å². The smallest absolute Gasteiger partial charge is 0.255 e. The Labute approximate surface area is 191 Å². The fourth-order valence-electron chi connectivity index (χ4n) is 3.92. The van der Waals surface area contributed by atoms with Crippen molar-refractivity contribution < 1.29 is 14.3 Å². The third kappa shape index (κ3) is 5.83. The molecule has 2 aliphatic heterocycles. The minimum atomic E-state index is -0.0373. The minimum Gasteiger partial charge on any atom is -0.439 e. The zero-order valence-electron chi connectivity index (χ0n) is 17.5. The molecule has 1 aromatic carbocycles. The second kappa shape index (κ2) is 10.2. The molecule has 2 saturated heterocycles. The summed E-state index contributed by atoms with van der Waals surface area (Å²) >= 11 is 3.39. The molecule has 2 aromatic rings. The van der Waals surface area contributed by atoms with Crippen LogP contribution in [0, 0.1) is 0 Å². The number of aromatic nitrogens is 1. The van der Waals surface area contributed by atoms with E-state index in [1.165, 1.54) is 6.42 Å². The van der Waals surface area contributed by atoms with Crippen molar-refractivity contribution in [1.29, 1.82) is 0 Å². The fraction of sp³-hybridized carbons (Fsp3) is 0.435. The zero-order valence-corrected chi connectivity index (χ0v) is 19.1.